The summed E-state index contributed by atoms with van der Waals surface area (Å²) in [6.45, 7) is 0.666. The third kappa shape index (κ3) is 2.57. The molecule has 0 saturated heterocycles. The van der Waals surface area contributed by atoms with Crippen molar-refractivity contribution in [3.8, 4) is 0 Å². The van der Waals surface area contributed by atoms with Gasteiger partial charge in [0.05, 0.1) is 6.61 Å². The molecule has 0 amide bonds. The molecule has 13 heavy (non-hydrogen) atoms. The van der Waals surface area contributed by atoms with E-state index in [1.807, 2.05) is 24.1 Å². The lowest BCUT2D eigenvalue weighted by molar-refractivity contribution is 0.304. The summed E-state index contributed by atoms with van der Waals surface area (Å²) in [7, 11) is 1.86. The molecule has 0 radical (unpaired) electrons. The van der Waals surface area contributed by atoms with Crippen LogP contribution in [-0.4, -0.2) is 30.3 Å². The Morgan fingerprint density at radius 1 is 1.62 bits per heavy atom. The van der Waals surface area contributed by atoms with Gasteiger partial charge >= 0.3 is 0 Å². The van der Waals surface area contributed by atoms with Crippen LogP contribution in [0, 0.1) is 0 Å². The monoisotopic (exact) mass is 182 g/mol. The summed E-state index contributed by atoms with van der Waals surface area (Å²) in [6, 6.07) is 5.48. The lowest BCUT2D eigenvalue weighted by atomic mass is 10.4. The third-order valence-electron chi connectivity index (χ3n) is 1.71. The van der Waals surface area contributed by atoms with Crippen molar-refractivity contribution in [1.82, 2.24) is 4.98 Å². The molecule has 0 saturated carbocycles. The minimum atomic E-state index is 0.110. The number of anilines is 2. The van der Waals surface area contributed by atoms with Crippen LogP contribution in [-0.2, 0) is 0 Å². The summed E-state index contributed by atoms with van der Waals surface area (Å²) in [5.41, 5.74) is 2.46. The van der Waals surface area contributed by atoms with E-state index in [0.717, 1.165) is 5.82 Å². The first-order valence-corrected chi connectivity index (χ1v) is 4.03. The summed E-state index contributed by atoms with van der Waals surface area (Å²) < 4.78 is 0. The van der Waals surface area contributed by atoms with E-state index in [1.54, 1.807) is 6.07 Å². The van der Waals surface area contributed by atoms with Crippen LogP contribution < -0.4 is 16.2 Å². The molecule has 5 nitrogen and oxygen atoms in total. The summed E-state index contributed by atoms with van der Waals surface area (Å²) in [6.07, 6.45) is 0. The van der Waals surface area contributed by atoms with Crippen molar-refractivity contribution in [3.05, 3.63) is 18.2 Å². The van der Waals surface area contributed by atoms with Gasteiger partial charge in [0, 0.05) is 13.6 Å². The smallest absolute Gasteiger partial charge is 0.142 e. The predicted molar refractivity (Wildman–Crippen MR) is 52.4 cm³/mol. The van der Waals surface area contributed by atoms with Gasteiger partial charge in [-0.15, -0.1) is 0 Å². The number of hydrazine groups is 1. The molecule has 4 N–H and O–H groups in total. The highest BCUT2D eigenvalue weighted by Gasteiger charge is 2.01. The maximum Gasteiger partial charge on any atom is 0.142 e. The number of aromatic nitrogens is 1. The van der Waals surface area contributed by atoms with Gasteiger partial charge in [0.2, 0.25) is 0 Å². The summed E-state index contributed by atoms with van der Waals surface area (Å²) in [5.74, 6) is 6.61. The second-order valence-corrected chi connectivity index (χ2v) is 2.67. The molecular formula is C8H14N4O. The maximum atomic E-state index is 8.71. The minimum absolute atomic E-state index is 0.110. The van der Waals surface area contributed by atoms with E-state index in [-0.39, 0.29) is 6.61 Å². The van der Waals surface area contributed by atoms with Gasteiger partial charge in [0.15, 0.2) is 0 Å². The molecule has 0 bridgehead atoms. The zero-order valence-electron chi connectivity index (χ0n) is 7.57. The zero-order valence-corrected chi connectivity index (χ0v) is 7.57. The van der Waals surface area contributed by atoms with Gasteiger partial charge in [0.25, 0.3) is 0 Å². The fraction of sp³-hybridized carbons (Fsp3) is 0.375. The van der Waals surface area contributed by atoms with Gasteiger partial charge in [-0.2, -0.15) is 0 Å². The van der Waals surface area contributed by atoms with Gasteiger partial charge < -0.3 is 15.4 Å². The van der Waals surface area contributed by atoms with Gasteiger partial charge in [-0.25, -0.2) is 10.8 Å². The Balaban J connectivity index is 2.75. The highest BCUT2D eigenvalue weighted by Crippen LogP contribution is 2.11. The Morgan fingerprint density at radius 2 is 2.38 bits per heavy atom. The fourth-order valence-electron chi connectivity index (χ4n) is 0.981. The van der Waals surface area contributed by atoms with Crippen LogP contribution in [0.4, 0.5) is 11.6 Å². The fourth-order valence-corrected chi connectivity index (χ4v) is 0.981. The number of likely N-dealkylation sites (N-methyl/N-ethyl adjacent to an activating group) is 1. The lowest BCUT2D eigenvalue weighted by Gasteiger charge is -2.16. The van der Waals surface area contributed by atoms with Crippen LogP contribution in [0.2, 0.25) is 0 Å². The molecule has 1 aromatic rings. The van der Waals surface area contributed by atoms with Gasteiger partial charge in [-0.1, -0.05) is 6.07 Å². The molecule has 0 fully saturated rings. The number of nitrogens with two attached hydrogens (primary N) is 1. The number of aliphatic hydroxyl groups excluding tert-OH is 1. The van der Waals surface area contributed by atoms with Crippen molar-refractivity contribution < 1.29 is 5.11 Å². The van der Waals surface area contributed by atoms with Crippen LogP contribution in [0.1, 0.15) is 0 Å². The van der Waals surface area contributed by atoms with E-state index in [2.05, 4.69) is 10.4 Å². The Labute approximate surface area is 77.2 Å². The quantitative estimate of drug-likeness (QED) is 0.444. The minimum Gasteiger partial charge on any atom is -0.395 e. The zero-order chi connectivity index (χ0) is 9.68. The molecule has 72 valence electrons. The van der Waals surface area contributed by atoms with E-state index in [0.29, 0.717) is 12.4 Å². The number of rotatable bonds is 4. The second kappa shape index (κ2) is 4.64. The van der Waals surface area contributed by atoms with Gasteiger partial charge in [0.1, 0.15) is 11.6 Å². The molecule has 1 heterocycles. The molecule has 0 unspecified atom stereocenters. The molecule has 0 aliphatic rings. The first-order valence-electron chi connectivity index (χ1n) is 4.03. The van der Waals surface area contributed by atoms with Gasteiger partial charge in [-0.05, 0) is 12.1 Å². The first kappa shape index (κ1) is 9.76. The first-order chi connectivity index (χ1) is 6.27. The van der Waals surface area contributed by atoms with Crippen LogP contribution >= 0.6 is 0 Å². The van der Waals surface area contributed by atoms with Crippen molar-refractivity contribution in [2.45, 2.75) is 0 Å². The van der Waals surface area contributed by atoms with Crippen molar-refractivity contribution in [3.63, 3.8) is 0 Å². The predicted octanol–water partition coefficient (Wildman–Crippen LogP) is -0.204. The number of nitrogen functional groups attached to an aromatic ring is 1. The summed E-state index contributed by atoms with van der Waals surface area (Å²) in [4.78, 5) is 6.04. The standard InChI is InChI=1S/C8H14N4O/c1-12(5-6-13)8-4-2-3-7(10-8)11-9/h2-4,13H,5-6,9H2,1H3,(H,10,11). The molecule has 0 atom stereocenters. The molecular weight excluding hydrogens is 168 g/mol. The Morgan fingerprint density at radius 3 is 3.00 bits per heavy atom. The van der Waals surface area contributed by atoms with Crippen molar-refractivity contribution in [2.24, 2.45) is 5.84 Å². The Bertz CT molecular complexity index is 266. The third-order valence-corrected chi connectivity index (χ3v) is 1.71. The normalized spacial score (nSPS) is 9.77. The van der Waals surface area contributed by atoms with Crippen LogP contribution in [0.15, 0.2) is 18.2 Å². The number of hydrogen-bond donors (Lipinski definition) is 3. The molecule has 5 heteroatoms. The molecule has 0 aliphatic heterocycles. The summed E-state index contributed by atoms with van der Waals surface area (Å²) in [5, 5.41) is 8.71. The average molecular weight is 182 g/mol. The number of aliphatic hydroxyl groups is 1. The Kier molecular flexibility index (Phi) is 3.48. The molecule has 0 aliphatic carbocycles. The SMILES string of the molecule is CN(CCO)c1cccc(NN)n1. The largest absolute Gasteiger partial charge is 0.395 e. The van der Waals surface area contributed by atoms with Crippen molar-refractivity contribution in [2.75, 3.05) is 30.5 Å². The lowest BCUT2D eigenvalue weighted by Crippen LogP contribution is -2.22. The maximum absolute atomic E-state index is 8.71. The molecule has 1 rings (SSSR count). The number of pyridine rings is 1. The average Bonchev–Trinajstić information content (AvgIpc) is 2.18. The van der Waals surface area contributed by atoms with E-state index in [1.165, 1.54) is 0 Å². The highest BCUT2D eigenvalue weighted by atomic mass is 16.3. The number of nitrogens with zero attached hydrogens (tertiary/aromatic N) is 2. The summed E-state index contributed by atoms with van der Waals surface area (Å²) >= 11 is 0. The topological polar surface area (TPSA) is 74.4 Å². The van der Waals surface area contributed by atoms with Crippen molar-refractivity contribution in [1.29, 1.82) is 0 Å². The number of hydrogen-bond acceptors (Lipinski definition) is 5. The second-order valence-electron chi connectivity index (χ2n) is 2.67. The van der Waals surface area contributed by atoms with Crippen LogP contribution in [0.25, 0.3) is 0 Å². The van der Waals surface area contributed by atoms with E-state index < -0.39 is 0 Å². The van der Waals surface area contributed by atoms with E-state index >= 15 is 0 Å². The van der Waals surface area contributed by atoms with Gasteiger partial charge in [-0.3, -0.25) is 0 Å². The highest BCUT2D eigenvalue weighted by molar-refractivity contribution is 5.45. The Hall–Kier alpha value is -1.33. The van der Waals surface area contributed by atoms with E-state index in [4.69, 9.17) is 10.9 Å². The van der Waals surface area contributed by atoms with Crippen molar-refractivity contribution >= 4 is 11.6 Å². The number of nitrogens with one attached hydrogen (secondary N) is 1. The van der Waals surface area contributed by atoms with Crippen LogP contribution in [0.3, 0.4) is 0 Å². The molecule has 1 aromatic heterocycles. The molecule has 0 aromatic carbocycles. The van der Waals surface area contributed by atoms with Crippen LogP contribution in [0.5, 0.6) is 0 Å². The van der Waals surface area contributed by atoms with E-state index in [9.17, 15) is 0 Å². The molecule has 0 spiro atoms.